The number of H-pyrrole nitrogens is 5. The third-order valence-corrected chi connectivity index (χ3v) is 22.7. The number of hydrogen-bond acceptors (Lipinski definition) is 15. The number of hydrogen-bond donors (Lipinski definition) is 5. The summed E-state index contributed by atoms with van der Waals surface area (Å²) < 4.78 is 11.0. The Hall–Kier alpha value is -12.1. The molecule has 20 heteroatoms. The minimum atomic E-state index is 0.405. The average molecular weight is 1480 g/mol. The number of anilines is 3. The molecule has 0 amide bonds. The van der Waals surface area contributed by atoms with Gasteiger partial charge in [-0.05, 0) is 176 Å². The first-order valence-corrected chi connectivity index (χ1v) is 39.4. The van der Waals surface area contributed by atoms with Gasteiger partial charge >= 0.3 is 0 Å². The lowest BCUT2D eigenvalue weighted by atomic mass is 9.96. The van der Waals surface area contributed by atoms with Gasteiger partial charge in [0, 0.05) is 132 Å². The molecule has 0 saturated carbocycles. The molecule has 4 aliphatic rings. The number of pyridine rings is 1. The maximum Gasteiger partial charge on any atom is 0.213 e. The zero-order valence-corrected chi connectivity index (χ0v) is 65.3. The molecule has 3 saturated heterocycles. The van der Waals surface area contributed by atoms with Crippen LogP contribution in [0, 0.1) is 41.5 Å². The maximum absolute atomic E-state index is 5.72. The molecule has 5 aromatic carbocycles. The number of aromatic amines is 5. The van der Waals surface area contributed by atoms with Crippen molar-refractivity contribution >= 4 is 51.2 Å². The van der Waals surface area contributed by atoms with E-state index in [0.717, 1.165) is 233 Å². The predicted octanol–water partition coefficient (Wildman–Crippen LogP) is 18.9. The molecule has 9 aromatic heterocycles. The zero-order valence-electron chi connectivity index (χ0n) is 65.3. The predicted molar refractivity (Wildman–Crippen MR) is 446 cm³/mol. The van der Waals surface area contributed by atoms with Crippen molar-refractivity contribution in [1.29, 1.82) is 0 Å². The second kappa shape index (κ2) is 32.2. The second-order valence-corrected chi connectivity index (χ2v) is 30.1. The monoisotopic (exact) mass is 1470 g/mol. The molecule has 0 atom stereocenters. The minimum Gasteiger partial charge on any atom is -0.494 e. The first kappa shape index (κ1) is 73.1. The fourth-order valence-corrected chi connectivity index (χ4v) is 16.3. The number of imidazole rings is 3. The van der Waals surface area contributed by atoms with Crippen molar-refractivity contribution in [1.82, 2.24) is 74.8 Å². The third-order valence-electron chi connectivity index (χ3n) is 22.7. The highest BCUT2D eigenvalue weighted by molar-refractivity contribution is 5.94. The molecule has 111 heavy (non-hydrogen) atoms. The van der Waals surface area contributed by atoms with Gasteiger partial charge in [-0.1, -0.05) is 122 Å². The highest BCUT2D eigenvalue weighted by Gasteiger charge is 2.31. The molecule has 564 valence electrons. The Labute approximate surface area is 649 Å². The lowest BCUT2D eigenvalue weighted by molar-refractivity contribution is 0.338. The summed E-state index contributed by atoms with van der Waals surface area (Å²) in [5.41, 5.74) is 27.3. The molecular formula is C91H98N18O2. The van der Waals surface area contributed by atoms with Gasteiger partial charge in [0.1, 0.15) is 71.0 Å². The quantitative estimate of drug-likeness (QED) is 0.0570. The molecule has 20 nitrogen and oxygen atoms in total. The number of aromatic nitrogens is 15. The average Bonchev–Trinajstić information content (AvgIpc) is 1.67. The van der Waals surface area contributed by atoms with Crippen molar-refractivity contribution in [2.75, 3.05) is 67.7 Å². The van der Waals surface area contributed by atoms with Crippen LogP contribution in [0.1, 0.15) is 156 Å². The number of allylic oxidation sites excluding steroid dienone is 1. The minimum absolute atomic E-state index is 0.405. The Morgan fingerprint density at radius 2 is 0.847 bits per heavy atom. The van der Waals surface area contributed by atoms with Crippen molar-refractivity contribution in [2.45, 2.75) is 138 Å². The van der Waals surface area contributed by atoms with Crippen molar-refractivity contribution in [3.8, 4) is 67.9 Å². The van der Waals surface area contributed by atoms with Gasteiger partial charge in [-0.15, -0.1) is 0 Å². The Bertz CT molecular complexity index is 5610. The number of nitrogens with one attached hydrogen (secondary N) is 5. The van der Waals surface area contributed by atoms with Crippen molar-refractivity contribution in [2.24, 2.45) is 0 Å². The van der Waals surface area contributed by atoms with Gasteiger partial charge < -0.3 is 49.1 Å². The Kier molecular flexibility index (Phi) is 21.2. The summed E-state index contributed by atoms with van der Waals surface area (Å²) in [4.78, 5) is 72.0. The summed E-state index contributed by atoms with van der Waals surface area (Å²) in [5, 5.41) is 2.11. The number of ether oxygens (including phenoxy) is 2. The smallest absolute Gasteiger partial charge is 0.213 e. The molecule has 5 N–H and O–H groups in total. The van der Waals surface area contributed by atoms with Crippen molar-refractivity contribution < 1.29 is 9.47 Å². The zero-order chi connectivity index (χ0) is 76.2. The standard InChI is InChI=1S/C32H35N5O.C30H32N6.C29H31N7O/c1-5-38-29-11-10-25(16-21(29)3)30-22(4)35-31(36-30)24-12-14-37(15-13-24)32-27-17-26(18-28(27)33-19-34-32)23-8-6-20(2)7-9-23;1-4-21-7-11-23(12-8-21)27-20(3)33-28(35-27)24-13-15-36(16-14-24)30-25-17-26(34-29(25)31-18-32-30)22-9-5-19(2)6-10-22;1-4-19-5-7-20(8-6-19)26-18(2)33-27(35-26)21-10-13-36(14-11-21)29-23-16-24(34-28(23)31-17-32-29)22-9-12-30-25(15-22)37-3/h6-11,16-17,19,24H,5,12-15,18H2,1-4H3,(H,35,36);5-12,17-18,24H,4,13-16H2,1-3H3,(H,33,35)(H,31,32,34);5-9,12,15-17,21H,4,10-11,13-14H2,1-3H3,(H,33,35)(H,31,32,34). The Morgan fingerprint density at radius 1 is 0.414 bits per heavy atom. The summed E-state index contributed by atoms with van der Waals surface area (Å²) in [6.07, 6.45) is 18.3. The molecule has 18 rings (SSSR count). The first-order valence-electron chi connectivity index (χ1n) is 39.4. The lowest BCUT2D eigenvalue weighted by Gasteiger charge is -2.32. The molecule has 12 heterocycles. The SMILES string of the molecule is CCOc1ccc(-c2nc(C3CCN(c4ncnc5c4C=C(c4ccc(C)cc4)C5)CC3)[nH]c2C)cc1C.CCc1ccc(-c2nc(C3CCN(c4ncnc5[nH]c(-c6ccc(C)cc6)cc45)CC3)[nH]c2C)cc1.CCc1ccc(-c2nc(C3CCN(c4ncnc5[nH]c(-c6ccnc(OC)c6)cc45)CC3)[nH]c2C)cc1. The summed E-state index contributed by atoms with van der Waals surface area (Å²) >= 11 is 0. The van der Waals surface area contributed by atoms with Gasteiger partial charge in [-0.25, -0.2) is 49.8 Å². The van der Waals surface area contributed by atoms with Crippen LogP contribution in [0.5, 0.6) is 11.6 Å². The van der Waals surface area contributed by atoms with Crippen LogP contribution < -0.4 is 24.2 Å². The number of aryl methyl sites for hydroxylation is 8. The lowest BCUT2D eigenvalue weighted by Crippen LogP contribution is -2.34. The number of methoxy groups -OCH3 is 1. The molecule has 0 bridgehead atoms. The van der Waals surface area contributed by atoms with E-state index in [0.29, 0.717) is 30.2 Å². The van der Waals surface area contributed by atoms with Crippen LogP contribution in [0.15, 0.2) is 165 Å². The van der Waals surface area contributed by atoms with E-state index in [1.807, 2.05) is 19.1 Å². The molecular weight excluding hydrogens is 1380 g/mol. The molecule has 0 radical (unpaired) electrons. The molecule has 14 aromatic rings. The number of fused-ring (bicyclic) bond motifs is 3. The van der Waals surface area contributed by atoms with Gasteiger partial charge in [0.25, 0.3) is 0 Å². The van der Waals surface area contributed by atoms with Crippen molar-refractivity contribution in [3.63, 3.8) is 0 Å². The first-order chi connectivity index (χ1) is 54.2. The van der Waals surface area contributed by atoms with Gasteiger partial charge in [0.05, 0.1) is 47.3 Å². The summed E-state index contributed by atoms with van der Waals surface area (Å²) in [6, 6.07) is 49.4. The van der Waals surface area contributed by atoms with Crippen LogP contribution in [0.25, 0.3) is 90.0 Å². The van der Waals surface area contributed by atoms with E-state index in [2.05, 4.69) is 253 Å². The largest absolute Gasteiger partial charge is 0.494 e. The van der Waals surface area contributed by atoms with E-state index in [1.165, 1.54) is 50.1 Å². The Morgan fingerprint density at radius 3 is 1.32 bits per heavy atom. The summed E-state index contributed by atoms with van der Waals surface area (Å²) in [5.74, 6) is 9.11. The van der Waals surface area contributed by atoms with Gasteiger partial charge in [-0.3, -0.25) is 0 Å². The van der Waals surface area contributed by atoms with Gasteiger partial charge in [-0.2, -0.15) is 0 Å². The maximum atomic E-state index is 5.72. The second-order valence-electron chi connectivity index (χ2n) is 30.1. The van der Waals surface area contributed by atoms with E-state index in [4.69, 9.17) is 34.4 Å². The molecule has 3 fully saturated rings. The van der Waals surface area contributed by atoms with Crippen LogP contribution >= 0.6 is 0 Å². The number of benzene rings is 5. The van der Waals surface area contributed by atoms with Gasteiger partial charge in [0.15, 0.2) is 0 Å². The highest BCUT2D eigenvalue weighted by Crippen LogP contribution is 2.41. The van der Waals surface area contributed by atoms with Crippen LogP contribution in [-0.2, 0) is 19.3 Å². The van der Waals surface area contributed by atoms with Crippen LogP contribution in [-0.4, -0.2) is 128 Å². The van der Waals surface area contributed by atoms with E-state index >= 15 is 0 Å². The van der Waals surface area contributed by atoms with E-state index in [9.17, 15) is 0 Å². The summed E-state index contributed by atoms with van der Waals surface area (Å²) in [6.45, 7) is 25.4. The van der Waals surface area contributed by atoms with E-state index in [-0.39, 0.29) is 0 Å². The van der Waals surface area contributed by atoms with Gasteiger partial charge in [0.2, 0.25) is 5.88 Å². The fourth-order valence-electron chi connectivity index (χ4n) is 16.3. The highest BCUT2D eigenvalue weighted by atomic mass is 16.5. The fraction of sp³-hybridized carbons (Fsp3) is 0.319. The molecule has 3 aliphatic heterocycles. The number of nitrogens with zero attached hydrogens (tertiary/aromatic N) is 13. The normalized spacial score (nSPS) is 14.8. The summed E-state index contributed by atoms with van der Waals surface area (Å²) in [7, 11) is 1.62. The van der Waals surface area contributed by atoms with E-state index < -0.39 is 0 Å². The molecule has 0 unspecified atom stereocenters. The van der Waals surface area contributed by atoms with Crippen molar-refractivity contribution in [3.05, 3.63) is 244 Å². The van der Waals surface area contributed by atoms with Crippen LogP contribution in [0.2, 0.25) is 0 Å². The molecule has 0 spiro atoms. The topological polar surface area (TPSA) is 236 Å². The van der Waals surface area contributed by atoms with E-state index in [1.54, 1.807) is 32.3 Å². The Balaban J connectivity index is 0.000000126. The molecule has 1 aliphatic carbocycles. The third kappa shape index (κ3) is 15.7. The number of piperidine rings is 3. The number of rotatable bonds is 17. The van der Waals surface area contributed by atoms with Crippen LogP contribution in [0.4, 0.5) is 17.5 Å². The van der Waals surface area contributed by atoms with Crippen LogP contribution in [0.3, 0.4) is 0 Å².